The lowest BCUT2D eigenvalue weighted by Gasteiger charge is -2.20. The zero-order chi connectivity index (χ0) is 15.2. The molecule has 6 heteroatoms. The SMILES string of the molecule is C#CCOC(=O)CCN(CCO)CCC(=O)OCC#C. The summed E-state index contributed by atoms with van der Waals surface area (Å²) in [6.45, 7) is 0.900. The lowest BCUT2D eigenvalue weighted by atomic mass is 10.3. The highest BCUT2D eigenvalue weighted by Gasteiger charge is 2.11. The minimum absolute atomic E-state index is 0.0583. The largest absolute Gasteiger partial charge is 0.452 e. The van der Waals surface area contributed by atoms with Crippen LogP contribution in [0.3, 0.4) is 0 Å². The van der Waals surface area contributed by atoms with Crippen molar-refractivity contribution < 1.29 is 24.2 Å². The van der Waals surface area contributed by atoms with E-state index in [-0.39, 0.29) is 32.7 Å². The Morgan fingerprint density at radius 3 is 1.75 bits per heavy atom. The molecule has 0 aromatic rings. The van der Waals surface area contributed by atoms with Crippen LogP contribution in [0, 0.1) is 24.7 Å². The summed E-state index contributed by atoms with van der Waals surface area (Å²) in [4.78, 5) is 24.3. The molecule has 0 radical (unpaired) electrons. The van der Waals surface area contributed by atoms with Crippen LogP contribution in [0.25, 0.3) is 0 Å². The van der Waals surface area contributed by atoms with Gasteiger partial charge in [-0.2, -0.15) is 0 Å². The molecule has 0 fully saturated rings. The van der Waals surface area contributed by atoms with Crippen LogP contribution in [-0.4, -0.2) is 61.4 Å². The summed E-state index contributed by atoms with van der Waals surface area (Å²) < 4.78 is 9.44. The molecule has 20 heavy (non-hydrogen) atoms. The summed E-state index contributed by atoms with van der Waals surface area (Å²) in [7, 11) is 0. The number of esters is 2. The Kier molecular flexibility index (Phi) is 10.8. The van der Waals surface area contributed by atoms with Crippen LogP contribution >= 0.6 is 0 Å². The van der Waals surface area contributed by atoms with Gasteiger partial charge in [0.2, 0.25) is 0 Å². The normalized spacial score (nSPS) is 9.60. The van der Waals surface area contributed by atoms with Gasteiger partial charge in [0.15, 0.2) is 13.2 Å². The number of terminal acetylenes is 2. The van der Waals surface area contributed by atoms with Gasteiger partial charge in [0.1, 0.15) is 0 Å². The first-order valence-corrected chi connectivity index (χ1v) is 6.15. The van der Waals surface area contributed by atoms with Crippen LogP contribution in [-0.2, 0) is 19.1 Å². The molecule has 110 valence electrons. The number of hydrogen-bond acceptors (Lipinski definition) is 6. The standard InChI is InChI=1S/C14H19NO5/c1-3-11-19-13(17)5-7-15(9-10-16)8-6-14(18)20-12-4-2/h1-2,16H,5-12H2. The fourth-order valence-corrected chi connectivity index (χ4v) is 1.36. The Hall–Kier alpha value is -2.02. The van der Waals surface area contributed by atoms with Crippen molar-refractivity contribution in [1.82, 2.24) is 4.90 Å². The molecule has 0 aliphatic heterocycles. The molecular formula is C14H19NO5. The van der Waals surface area contributed by atoms with Crippen LogP contribution in [0.1, 0.15) is 12.8 Å². The Labute approximate surface area is 119 Å². The van der Waals surface area contributed by atoms with Crippen LogP contribution in [0.5, 0.6) is 0 Å². The van der Waals surface area contributed by atoms with Gasteiger partial charge in [0.25, 0.3) is 0 Å². The van der Waals surface area contributed by atoms with Gasteiger partial charge in [-0.3, -0.25) is 14.5 Å². The Bertz CT molecular complexity index is 346. The molecule has 0 rings (SSSR count). The minimum atomic E-state index is -0.416. The maximum absolute atomic E-state index is 11.3. The van der Waals surface area contributed by atoms with E-state index < -0.39 is 11.9 Å². The number of hydrogen-bond donors (Lipinski definition) is 1. The first-order chi connectivity index (χ1) is 9.63. The second kappa shape index (κ2) is 12.0. The maximum Gasteiger partial charge on any atom is 0.308 e. The van der Waals surface area contributed by atoms with Crippen LogP contribution in [0.2, 0.25) is 0 Å². The van der Waals surface area contributed by atoms with Crippen molar-refractivity contribution in [3.8, 4) is 24.7 Å². The number of rotatable bonds is 10. The minimum Gasteiger partial charge on any atom is -0.452 e. The monoisotopic (exact) mass is 281 g/mol. The van der Waals surface area contributed by atoms with Crippen molar-refractivity contribution in [2.24, 2.45) is 0 Å². The molecule has 0 unspecified atom stereocenters. The number of carbonyl (C=O) groups excluding carboxylic acids is 2. The van der Waals surface area contributed by atoms with E-state index in [1.807, 2.05) is 0 Å². The number of nitrogens with zero attached hydrogens (tertiary/aromatic N) is 1. The molecule has 0 saturated carbocycles. The molecule has 0 heterocycles. The van der Waals surface area contributed by atoms with E-state index >= 15 is 0 Å². The van der Waals surface area contributed by atoms with E-state index in [0.717, 1.165) is 0 Å². The van der Waals surface area contributed by atoms with Gasteiger partial charge < -0.3 is 14.6 Å². The number of aliphatic hydroxyl groups is 1. The van der Waals surface area contributed by atoms with E-state index in [2.05, 4.69) is 11.8 Å². The van der Waals surface area contributed by atoms with E-state index in [9.17, 15) is 9.59 Å². The van der Waals surface area contributed by atoms with E-state index in [0.29, 0.717) is 19.6 Å². The maximum atomic E-state index is 11.3. The van der Waals surface area contributed by atoms with Gasteiger partial charge >= 0.3 is 11.9 Å². The molecule has 0 aromatic carbocycles. The number of ether oxygens (including phenoxy) is 2. The third-order valence-electron chi connectivity index (χ3n) is 2.31. The van der Waals surface area contributed by atoms with E-state index in [1.54, 1.807) is 4.90 Å². The predicted molar refractivity (Wildman–Crippen MR) is 72.3 cm³/mol. The second-order valence-electron chi connectivity index (χ2n) is 3.79. The van der Waals surface area contributed by atoms with Gasteiger partial charge in [-0.15, -0.1) is 12.8 Å². The molecular weight excluding hydrogens is 262 g/mol. The van der Waals surface area contributed by atoms with Crippen molar-refractivity contribution in [2.75, 3.05) is 39.5 Å². The highest BCUT2D eigenvalue weighted by atomic mass is 16.5. The molecule has 0 aliphatic rings. The highest BCUT2D eigenvalue weighted by Crippen LogP contribution is 1.97. The van der Waals surface area contributed by atoms with Crippen LogP contribution < -0.4 is 0 Å². The van der Waals surface area contributed by atoms with Crippen molar-refractivity contribution in [2.45, 2.75) is 12.8 Å². The third kappa shape index (κ3) is 9.95. The number of aliphatic hydroxyl groups excluding tert-OH is 1. The molecule has 0 aliphatic carbocycles. The van der Waals surface area contributed by atoms with Crippen LogP contribution in [0.4, 0.5) is 0 Å². The predicted octanol–water partition coefficient (Wildman–Crippen LogP) is -0.586. The lowest BCUT2D eigenvalue weighted by molar-refractivity contribution is -0.142. The fraction of sp³-hybridized carbons (Fsp3) is 0.571. The van der Waals surface area contributed by atoms with Crippen LogP contribution in [0.15, 0.2) is 0 Å². The fourth-order valence-electron chi connectivity index (χ4n) is 1.36. The lowest BCUT2D eigenvalue weighted by Crippen LogP contribution is -2.32. The summed E-state index contributed by atoms with van der Waals surface area (Å²) in [5, 5.41) is 8.92. The Balaban J connectivity index is 3.98. The average Bonchev–Trinajstić information content (AvgIpc) is 2.45. The molecule has 1 N–H and O–H groups in total. The molecule has 0 bridgehead atoms. The molecule has 0 amide bonds. The molecule has 6 nitrogen and oxygen atoms in total. The van der Waals surface area contributed by atoms with Crippen molar-refractivity contribution in [1.29, 1.82) is 0 Å². The topological polar surface area (TPSA) is 76.1 Å². The summed E-state index contributed by atoms with van der Waals surface area (Å²) in [6.07, 6.45) is 10.2. The zero-order valence-electron chi connectivity index (χ0n) is 11.3. The molecule has 0 aromatic heterocycles. The Morgan fingerprint density at radius 2 is 1.40 bits per heavy atom. The zero-order valence-corrected chi connectivity index (χ0v) is 11.3. The number of carbonyl (C=O) groups is 2. The van der Waals surface area contributed by atoms with E-state index in [1.165, 1.54) is 0 Å². The average molecular weight is 281 g/mol. The first-order valence-electron chi connectivity index (χ1n) is 6.15. The highest BCUT2D eigenvalue weighted by molar-refractivity contribution is 5.70. The van der Waals surface area contributed by atoms with Gasteiger partial charge in [0.05, 0.1) is 19.4 Å². The van der Waals surface area contributed by atoms with Gasteiger partial charge in [-0.05, 0) is 0 Å². The molecule has 0 spiro atoms. The summed E-state index contributed by atoms with van der Waals surface area (Å²) in [5.74, 6) is 3.56. The van der Waals surface area contributed by atoms with E-state index in [4.69, 9.17) is 27.4 Å². The Morgan fingerprint density at radius 1 is 0.950 bits per heavy atom. The van der Waals surface area contributed by atoms with Gasteiger partial charge in [-0.1, -0.05) is 11.8 Å². The van der Waals surface area contributed by atoms with Gasteiger partial charge in [0, 0.05) is 19.6 Å². The summed E-state index contributed by atoms with van der Waals surface area (Å²) in [6, 6.07) is 0. The van der Waals surface area contributed by atoms with Crippen molar-refractivity contribution in [3.05, 3.63) is 0 Å². The summed E-state index contributed by atoms with van der Waals surface area (Å²) in [5.41, 5.74) is 0. The quantitative estimate of drug-likeness (QED) is 0.426. The smallest absolute Gasteiger partial charge is 0.308 e. The molecule has 0 atom stereocenters. The third-order valence-corrected chi connectivity index (χ3v) is 2.31. The summed E-state index contributed by atoms with van der Waals surface area (Å²) >= 11 is 0. The second-order valence-corrected chi connectivity index (χ2v) is 3.79. The van der Waals surface area contributed by atoms with Gasteiger partial charge in [-0.25, -0.2) is 0 Å². The van der Waals surface area contributed by atoms with Crippen molar-refractivity contribution in [3.63, 3.8) is 0 Å². The first kappa shape index (κ1) is 18.0. The molecule has 0 saturated heterocycles. The van der Waals surface area contributed by atoms with Crippen molar-refractivity contribution >= 4 is 11.9 Å².